The molecule has 78 valence electrons. The molecule has 0 radical (unpaired) electrons. The molecule has 3 heteroatoms. The molecule has 2 aromatic heterocycles. The van der Waals surface area contributed by atoms with Crippen molar-refractivity contribution in [3.63, 3.8) is 0 Å². The first-order chi connectivity index (χ1) is 7.25. The van der Waals surface area contributed by atoms with Crippen molar-refractivity contribution >= 4 is 5.78 Å². The van der Waals surface area contributed by atoms with Crippen LogP contribution in [0.25, 0.3) is 0 Å². The summed E-state index contributed by atoms with van der Waals surface area (Å²) >= 11 is 0. The summed E-state index contributed by atoms with van der Waals surface area (Å²) in [5, 5.41) is 0. The van der Waals surface area contributed by atoms with Crippen molar-refractivity contribution in [2.45, 2.75) is 19.8 Å². The number of hydrogen-bond acceptors (Lipinski definition) is 3. The highest BCUT2D eigenvalue weighted by molar-refractivity contribution is 5.93. The van der Waals surface area contributed by atoms with Crippen LogP contribution in [0.3, 0.4) is 0 Å². The van der Waals surface area contributed by atoms with Gasteiger partial charge in [-0.25, -0.2) is 0 Å². The van der Waals surface area contributed by atoms with Gasteiger partial charge in [0.25, 0.3) is 0 Å². The Balaban J connectivity index is 1.93. The lowest BCUT2D eigenvalue weighted by atomic mass is 10.1. The molecule has 0 bridgehead atoms. The molecular weight excluding hydrogens is 192 g/mol. The Kier molecular flexibility index (Phi) is 2.72. The van der Waals surface area contributed by atoms with Crippen LogP contribution in [-0.4, -0.2) is 5.78 Å². The summed E-state index contributed by atoms with van der Waals surface area (Å²) in [4.78, 5) is 11.6. The predicted molar refractivity (Wildman–Crippen MR) is 54.8 cm³/mol. The Morgan fingerprint density at radius 3 is 2.80 bits per heavy atom. The number of Topliss-reactive ketones (excluding diaryl/α,β-unsaturated/α-hetero) is 1. The number of hydrogen-bond donors (Lipinski definition) is 0. The third-order valence-corrected chi connectivity index (χ3v) is 2.19. The van der Waals surface area contributed by atoms with Gasteiger partial charge in [-0.2, -0.15) is 0 Å². The lowest BCUT2D eigenvalue weighted by Crippen LogP contribution is -1.98. The maximum atomic E-state index is 11.6. The summed E-state index contributed by atoms with van der Waals surface area (Å²) in [6, 6.07) is 7.18. The highest BCUT2D eigenvalue weighted by Crippen LogP contribution is 2.11. The molecule has 0 saturated carbocycles. The lowest BCUT2D eigenvalue weighted by molar-refractivity contribution is 0.0953. The van der Waals surface area contributed by atoms with Gasteiger partial charge in [-0.05, 0) is 31.2 Å². The van der Waals surface area contributed by atoms with Crippen molar-refractivity contribution in [3.8, 4) is 0 Å². The fourth-order valence-electron chi connectivity index (χ4n) is 1.40. The van der Waals surface area contributed by atoms with E-state index in [1.165, 1.54) is 0 Å². The smallest absolute Gasteiger partial charge is 0.198 e. The van der Waals surface area contributed by atoms with Crippen molar-refractivity contribution in [2.75, 3.05) is 0 Å². The molecule has 0 saturated heterocycles. The zero-order valence-corrected chi connectivity index (χ0v) is 8.53. The fourth-order valence-corrected chi connectivity index (χ4v) is 1.40. The number of carbonyl (C=O) groups excluding carboxylic acids is 1. The van der Waals surface area contributed by atoms with Crippen molar-refractivity contribution in [1.82, 2.24) is 0 Å². The van der Waals surface area contributed by atoms with Crippen LogP contribution < -0.4 is 0 Å². The Labute approximate surface area is 87.7 Å². The molecule has 2 aromatic rings. The normalized spacial score (nSPS) is 10.5. The third-order valence-electron chi connectivity index (χ3n) is 2.19. The average Bonchev–Trinajstić information content (AvgIpc) is 2.84. The summed E-state index contributed by atoms with van der Waals surface area (Å²) < 4.78 is 10.4. The molecule has 3 nitrogen and oxygen atoms in total. The Bertz CT molecular complexity index is 437. The predicted octanol–water partition coefficient (Wildman–Crippen LogP) is 3.00. The number of aryl methyl sites for hydroxylation is 2. The van der Waals surface area contributed by atoms with Crippen molar-refractivity contribution in [2.24, 2.45) is 0 Å². The van der Waals surface area contributed by atoms with Crippen LogP contribution in [0.4, 0.5) is 0 Å². The molecule has 0 aromatic carbocycles. The second kappa shape index (κ2) is 4.17. The van der Waals surface area contributed by atoms with Gasteiger partial charge in [-0.1, -0.05) is 0 Å². The quantitative estimate of drug-likeness (QED) is 0.719. The van der Waals surface area contributed by atoms with Gasteiger partial charge in [-0.15, -0.1) is 0 Å². The van der Waals surface area contributed by atoms with E-state index < -0.39 is 0 Å². The summed E-state index contributed by atoms with van der Waals surface area (Å²) in [7, 11) is 0. The highest BCUT2D eigenvalue weighted by Gasteiger charge is 2.10. The minimum atomic E-state index is 0.0134. The van der Waals surface area contributed by atoms with Gasteiger partial charge in [-0.3, -0.25) is 4.79 Å². The maximum absolute atomic E-state index is 11.6. The Morgan fingerprint density at radius 2 is 2.20 bits per heavy atom. The first kappa shape index (κ1) is 9.77. The number of furan rings is 2. The molecule has 0 aliphatic heterocycles. The van der Waals surface area contributed by atoms with Crippen LogP contribution >= 0.6 is 0 Å². The van der Waals surface area contributed by atoms with Gasteiger partial charge < -0.3 is 8.83 Å². The maximum Gasteiger partial charge on any atom is 0.198 e. The van der Waals surface area contributed by atoms with E-state index in [1.54, 1.807) is 18.4 Å². The first-order valence-electron chi connectivity index (χ1n) is 4.88. The molecule has 0 fully saturated rings. The molecule has 0 aliphatic carbocycles. The second-order valence-electron chi connectivity index (χ2n) is 3.41. The van der Waals surface area contributed by atoms with Gasteiger partial charge in [0.1, 0.15) is 11.5 Å². The van der Waals surface area contributed by atoms with Crippen molar-refractivity contribution in [1.29, 1.82) is 0 Å². The topological polar surface area (TPSA) is 43.4 Å². The molecule has 0 aliphatic rings. The largest absolute Gasteiger partial charge is 0.469 e. The van der Waals surface area contributed by atoms with Crippen LogP contribution in [0, 0.1) is 6.92 Å². The van der Waals surface area contributed by atoms with E-state index in [2.05, 4.69) is 0 Å². The Morgan fingerprint density at radius 1 is 1.33 bits per heavy atom. The minimum absolute atomic E-state index is 0.0134. The fraction of sp³-hybridized carbons (Fsp3) is 0.250. The summed E-state index contributed by atoms with van der Waals surface area (Å²) in [6.45, 7) is 1.82. The summed E-state index contributed by atoms with van der Waals surface area (Å²) in [5.41, 5.74) is 0. The van der Waals surface area contributed by atoms with Crippen molar-refractivity contribution in [3.05, 3.63) is 47.8 Å². The molecule has 2 heterocycles. The zero-order valence-electron chi connectivity index (χ0n) is 8.53. The second-order valence-corrected chi connectivity index (χ2v) is 3.41. The van der Waals surface area contributed by atoms with Crippen LogP contribution in [0.15, 0.2) is 39.4 Å². The SMILES string of the molecule is Cc1ccc(C(=O)CCc2ccco2)o1. The van der Waals surface area contributed by atoms with E-state index in [-0.39, 0.29) is 5.78 Å². The molecule has 0 spiro atoms. The number of carbonyl (C=O) groups is 1. The van der Waals surface area contributed by atoms with E-state index in [4.69, 9.17) is 8.83 Å². The Hall–Kier alpha value is -1.77. The number of rotatable bonds is 4. The first-order valence-corrected chi connectivity index (χ1v) is 4.88. The average molecular weight is 204 g/mol. The van der Waals surface area contributed by atoms with Gasteiger partial charge in [0.2, 0.25) is 0 Å². The van der Waals surface area contributed by atoms with Gasteiger partial charge in [0.15, 0.2) is 11.5 Å². The molecule has 0 amide bonds. The monoisotopic (exact) mass is 204 g/mol. The van der Waals surface area contributed by atoms with Crippen molar-refractivity contribution < 1.29 is 13.6 Å². The van der Waals surface area contributed by atoms with Crippen LogP contribution in [0.1, 0.15) is 28.5 Å². The third kappa shape index (κ3) is 2.37. The molecule has 0 atom stereocenters. The molecule has 15 heavy (non-hydrogen) atoms. The molecule has 0 unspecified atom stereocenters. The van der Waals surface area contributed by atoms with Gasteiger partial charge in [0.05, 0.1) is 6.26 Å². The van der Waals surface area contributed by atoms with Gasteiger partial charge >= 0.3 is 0 Å². The zero-order chi connectivity index (χ0) is 10.7. The molecular formula is C12H12O3. The highest BCUT2D eigenvalue weighted by atomic mass is 16.3. The van der Waals surface area contributed by atoms with E-state index in [0.717, 1.165) is 11.5 Å². The minimum Gasteiger partial charge on any atom is -0.469 e. The van der Waals surface area contributed by atoms with Crippen LogP contribution in [0.2, 0.25) is 0 Å². The standard InChI is InChI=1S/C12H12O3/c1-9-4-7-12(15-9)11(13)6-5-10-3-2-8-14-10/h2-4,7-8H,5-6H2,1H3. The van der Waals surface area contributed by atoms with Crippen LogP contribution in [0.5, 0.6) is 0 Å². The van der Waals surface area contributed by atoms with Gasteiger partial charge in [0, 0.05) is 12.8 Å². The summed E-state index contributed by atoms with van der Waals surface area (Å²) in [5.74, 6) is 2.03. The van der Waals surface area contributed by atoms with E-state index >= 15 is 0 Å². The van der Waals surface area contributed by atoms with E-state index in [9.17, 15) is 4.79 Å². The molecule has 0 N–H and O–H groups in total. The van der Waals surface area contributed by atoms with E-state index in [0.29, 0.717) is 18.6 Å². The lowest BCUT2D eigenvalue weighted by Gasteiger charge is -1.95. The summed E-state index contributed by atoms with van der Waals surface area (Å²) in [6.07, 6.45) is 2.64. The molecule has 2 rings (SSSR count). The van der Waals surface area contributed by atoms with E-state index in [1.807, 2.05) is 19.1 Å². The van der Waals surface area contributed by atoms with Crippen LogP contribution in [-0.2, 0) is 6.42 Å². The number of ketones is 1.